The number of unbranched alkanes of at least 4 members (excludes halogenated alkanes) is 3. The van der Waals surface area contributed by atoms with E-state index in [0.717, 1.165) is 85.6 Å². The average Bonchev–Trinajstić information content (AvgIpc) is 2.80. The Hall–Kier alpha value is -3.21. The van der Waals surface area contributed by atoms with Crippen molar-refractivity contribution >= 4 is 11.8 Å². The van der Waals surface area contributed by atoms with E-state index in [-0.39, 0.29) is 6.42 Å². The number of benzene rings is 2. The quantitative estimate of drug-likeness (QED) is 0.398. The first-order chi connectivity index (χ1) is 16.0. The molecule has 4 rings (SSSR count). The van der Waals surface area contributed by atoms with Gasteiger partial charge in [-0.1, -0.05) is 60.4 Å². The molecule has 3 aromatic rings. The molecule has 1 aromatic heterocycles. The zero-order valence-corrected chi connectivity index (χ0v) is 19.7. The Labute approximate surface area is 196 Å². The number of aliphatic carboxylic acids is 1. The molecule has 0 unspecified atom stereocenters. The third kappa shape index (κ3) is 5.78. The van der Waals surface area contributed by atoms with Gasteiger partial charge in [0.2, 0.25) is 0 Å². The molecule has 0 saturated carbocycles. The van der Waals surface area contributed by atoms with Crippen LogP contribution < -0.4 is 4.90 Å². The molecule has 1 N–H and O–H groups in total. The maximum absolute atomic E-state index is 10.7. The summed E-state index contributed by atoms with van der Waals surface area (Å²) in [5.41, 5.74) is 7.61. The van der Waals surface area contributed by atoms with Crippen molar-refractivity contribution < 1.29 is 9.90 Å². The molecule has 0 spiro atoms. The van der Waals surface area contributed by atoms with Gasteiger partial charge in [-0.3, -0.25) is 4.79 Å². The molecule has 5 nitrogen and oxygen atoms in total. The van der Waals surface area contributed by atoms with Crippen molar-refractivity contribution in [1.29, 1.82) is 0 Å². The number of aromatic nitrogens is 2. The molecule has 0 aliphatic carbocycles. The molecule has 1 aliphatic heterocycles. The van der Waals surface area contributed by atoms with Gasteiger partial charge in [-0.05, 0) is 51.7 Å². The van der Waals surface area contributed by atoms with Crippen LogP contribution in [-0.4, -0.2) is 34.1 Å². The minimum atomic E-state index is -0.705. The van der Waals surface area contributed by atoms with E-state index in [4.69, 9.17) is 15.1 Å². The fraction of sp³-hybridized carbons (Fsp3) is 0.393. The lowest BCUT2D eigenvalue weighted by Gasteiger charge is -2.30. The Bertz CT molecular complexity index is 1130. The number of carboxylic acid groups (broad SMARTS) is 1. The lowest BCUT2D eigenvalue weighted by molar-refractivity contribution is -0.137. The second-order valence-electron chi connectivity index (χ2n) is 9.08. The number of aryl methyl sites for hydroxylation is 3. The van der Waals surface area contributed by atoms with Crippen LogP contribution in [0.15, 0.2) is 48.5 Å². The fourth-order valence-electron chi connectivity index (χ4n) is 4.56. The van der Waals surface area contributed by atoms with Gasteiger partial charge in [0.15, 0.2) is 5.82 Å². The lowest BCUT2D eigenvalue weighted by Crippen LogP contribution is -2.32. The molecule has 2 heterocycles. The number of carboxylic acids is 1. The fourth-order valence-corrected chi connectivity index (χ4v) is 4.56. The molecule has 172 valence electrons. The second-order valence-corrected chi connectivity index (χ2v) is 9.08. The van der Waals surface area contributed by atoms with Gasteiger partial charge in [0.25, 0.3) is 0 Å². The number of rotatable bonds is 9. The van der Waals surface area contributed by atoms with E-state index in [0.29, 0.717) is 0 Å². The van der Waals surface area contributed by atoms with Crippen molar-refractivity contribution in [2.24, 2.45) is 0 Å². The molecule has 0 bridgehead atoms. The van der Waals surface area contributed by atoms with Gasteiger partial charge in [0.05, 0.1) is 17.1 Å². The summed E-state index contributed by atoms with van der Waals surface area (Å²) >= 11 is 0. The maximum Gasteiger partial charge on any atom is 0.303 e. The van der Waals surface area contributed by atoms with Crippen LogP contribution in [0, 0.1) is 13.8 Å². The lowest BCUT2D eigenvalue weighted by atomic mass is 10.00. The van der Waals surface area contributed by atoms with Gasteiger partial charge in [-0.15, -0.1) is 0 Å². The predicted octanol–water partition coefficient (Wildman–Crippen LogP) is 6.22. The highest BCUT2D eigenvalue weighted by Crippen LogP contribution is 2.35. The molecule has 0 atom stereocenters. The number of carbonyl (C=O) groups is 1. The van der Waals surface area contributed by atoms with E-state index >= 15 is 0 Å². The zero-order chi connectivity index (χ0) is 23.2. The largest absolute Gasteiger partial charge is 0.481 e. The van der Waals surface area contributed by atoms with Crippen molar-refractivity contribution in [2.45, 2.75) is 58.8 Å². The molecular weight excluding hydrogens is 410 g/mol. The monoisotopic (exact) mass is 443 g/mol. The van der Waals surface area contributed by atoms with Gasteiger partial charge in [0.1, 0.15) is 0 Å². The number of hydrogen-bond donors (Lipinski definition) is 1. The summed E-state index contributed by atoms with van der Waals surface area (Å²) in [7, 11) is 0. The Morgan fingerprint density at radius 2 is 1.55 bits per heavy atom. The van der Waals surface area contributed by atoms with Crippen LogP contribution in [-0.2, 0) is 11.2 Å². The van der Waals surface area contributed by atoms with Crippen LogP contribution in [0.25, 0.3) is 22.5 Å². The first kappa shape index (κ1) is 23.0. The van der Waals surface area contributed by atoms with Gasteiger partial charge in [-0.2, -0.15) is 0 Å². The van der Waals surface area contributed by atoms with Crippen molar-refractivity contribution in [3.63, 3.8) is 0 Å². The Balaban J connectivity index is 1.64. The van der Waals surface area contributed by atoms with Crippen LogP contribution in [0.1, 0.15) is 55.3 Å². The minimum absolute atomic E-state index is 0.264. The van der Waals surface area contributed by atoms with Gasteiger partial charge in [-0.25, -0.2) is 9.97 Å². The topological polar surface area (TPSA) is 66.3 Å². The van der Waals surface area contributed by atoms with E-state index in [1.165, 1.54) is 11.1 Å². The highest BCUT2D eigenvalue weighted by Gasteiger charge is 2.23. The first-order valence-electron chi connectivity index (χ1n) is 12.0. The molecule has 2 aromatic carbocycles. The normalized spacial score (nSPS) is 13.1. The first-order valence-corrected chi connectivity index (χ1v) is 12.0. The third-order valence-electron chi connectivity index (χ3n) is 6.24. The van der Waals surface area contributed by atoms with Crippen LogP contribution in [0.2, 0.25) is 0 Å². The summed E-state index contributed by atoms with van der Waals surface area (Å²) in [4.78, 5) is 23.5. The van der Waals surface area contributed by atoms with E-state index in [9.17, 15) is 4.79 Å². The van der Waals surface area contributed by atoms with Crippen LogP contribution in [0.3, 0.4) is 0 Å². The Kier molecular flexibility index (Phi) is 7.38. The van der Waals surface area contributed by atoms with Gasteiger partial charge >= 0.3 is 5.97 Å². The Morgan fingerprint density at radius 1 is 0.909 bits per heavy atom. The molecule has 1 aliphatic rings. The highest BCUT2D eigenvalue weighted by atomic mass is 16.4. The summed E-state index contributed by atoms with van der Waals surface area (Å²) in [5, 5.41) is 8.82. The van der Waals surface area contributed by atoms with E-state index < -0.39 is 5.97 Å². The molecule has 5 heteroatoms. The number of anilines is 1. The molecule has 0 radical (unpaired) electrons. The van der Waals surface area contributed by atoms with E-state index in [2.05, 4.69) is 67.3 Å². The maximum atomic E-state index is 10.7. The van der Waals surface area contributed by atoms with E-state index in [1.54, 1.807) is 0 Å². The van der Waals surface area contributed by atoms with Crippen molar-refractivity contribution in [2.75, 3.05) is 18.0 Å². The summed E-state index contributed by atoms with van der Waals surface area (Å²) in [6.07, 6.45) is 6.09. The minimum Gasteiger partial charge on any atom is -0.481 e. The Morgan fingerprint density at radius 3 is 2.18 bits per heavy atom. The molecule has 0 amide bonds. The van der Waals surface area contributed by atoms with Gasteiger partial charge in [0, 0.05) is 30.6 Å². The molecule has 33 heavy (non-hydrogen) atoms. The van der Waals surface area contributed by atoms with Crippen LogP contribution >= 0.6 is 0 Å². The summed E-state index contributed by atoms with van der Waals surface area (Å²) in [6, 6.07) is 17.0. The molecule has 0 saturated heterocycles. The van der Waals surface area contributed by atoms with Crippen molar-refractivity contribution in [3.05, 3.63) is 65.4 Å². The van der Waals surface area contributed by atoms with E-state index in [1.807, 2.05) is 0 Å². The molecular formula is C28H33N3O2. The number of hydrogen-bond acceptors (Lipinski definition) is 4. The average molecular weight is 444 g/mol. The van der Waals surface area contributed by atoms with Crippen molar-refractivity contribution in [1.82, 2.24) is 9.97 Å². The van der Waals surface area contributed by atoms with Crippen LogP contribution in [0.4, 0.5) is 5.82 Å². The summed E-state index contributed by atoms with van der Waals surface area (Å²) in [5.74, 6) is 0.308. The summed E-state index contributed by atoms with van der Waals surface area (Å²) < 4.78 is 0. The predicted molar refractivity (Wildman–Crippen MR) is 134 cm³/mol. The SMILES string of the molecule is Cc1cccc(-c2nc3c(nc2-c2cccc(C)c2)N(CCCCCCC(=O)O)CCC3)c1. The molecule has 0 fully saturated rings. The standard InChI is InChI=1S/C28H33N3O2/c1-20-10-7-12-22(18-20)26-27(23-13-8-11-21(2)19-23)30-28-24(29-26)14-9-17-31(28)16-6-4-3-5-15-25(32)33/h7-8,10-13,18-19H,3-6,9,14-17H2,1-2H3,(H,32,33). The number of nitrogens with zero attached hydrogens (tertiary/aromatic N) is 3. The number of fused-ring (bicyclic) bond motifs is 1. The van der Waals surface area contributed by atoms with Gasteiger partial charge < -0.3 is 10.0 Å². The highest BCUT2D eigenvalue weighted by molar-refractivity contribution is 5.80. The second kappa shape index (κ2) is 10.6. The smallest absolute Gasteiger partial charge is 0.303 e. The van der Waals surface area contributed by atoms with Crippen molar-refractivity contribution in [3.8, 4) is 22.5 Å². The third-order valence-corrected chi connectivity index (χ3v) is 6.24. The zero-order valence-electron chi connectivity index (χ0n) is 19.7. The summed E-state index contributed by atoms with van der Waals surface area (Å²) in [6.45, 7) is 6.15. The van der Waals surface area contributed by atoms with Crippen LogP contribution in [0.5, 0.6) is 0 Å².